The minimum Gasteiger partial charge on any atom is -0.444 e. The second kappa shape index (κ2) is 6.48. The minimum absolute atomic E-state index is 0.505. The summed E-state index contributed by atoms with van der Waals surface area (Å²) in [5, 5.41) is 2.74. The number of amides is 1. The molecule has 22 heavy (non-hydrogen) atoms. The Morgan fingerprint density at radius 3 is 2.64 bits per heavy atom. The van der Waals surface area contributed by atoms with Crippen LogP contribution in [0.4, 0.5) is 4.79 Å². The van der Waals surface area contributed by atoms with Gasteiger partial charge in [0, 0.05) is 19.6 Å². The van der Waals surface area contributed by atoms with Crippen molar-refractivity contribution in [3.8, 4) is 0 Å². The van der Waals surface area contributed by atoms with Crippen LogP contribution in [0.3, 0.4) is 0 Å². The summed E-state index contributed by atoms with van der Waals surface area (Å²) in [6, 6.07) is 10.1. The molecule has 1 atom stereocenters. The van der Waals surface area contributed by atoms with E-state index >= 15 is 0 Å². The van der Waals surface area contributed by atoms with Gasteiger partial charge in [0.15, 0.2) is 0 Å². The SMILES string of the molecule is CC(C)(C)OC(=O)NC1(C=O)CCN(Cc2ccccc2)C1. The topological polar surface area (TPSA) is 58.6 Å². The zero-order chi connectivity index (χ0) is 16.2. The fourth-order valence-electron chi connectivity index (χ4n) is 2.63. The fraction of sp³-hybridized carbons (Fsp3) is 0.529. The van der Waals surface area contributed by atoms with Crippen molar-refractivity contribution in [1.29, 1.82) is 0 Å². The molecule has 120 valence electrons. The van der Waals surface area contributed by atoms with Crippen LogP contribution in [0.5, 0.6) is 0 Å². The van der Waals surface area contributed by atoms with Gasteiger partial charge in [0.25, 0.3) is 0 Å². The molecule has 2 rings (SSSR count). The van der Waals surface area contributed by atoms with Gasteiger partial charge in [0.05, 0.1) is 0 Å². The van der Waals surface area contributed by atoms with Crippen molar-refractivity contribution in [2.75, 3.05) is 13.1 Å². The lowest BCUT2D eigenvalue weighted by molar-refractivity contribution is -0.113. The molecule has 1 aliphatic heterocycles. The van der Waals surface area contributed by atoms with Gasteiger partial charge in [0.2, 0.25) is 0 Å². The van der Waals surface area contributed by atoms with Crippen LogP contribution in [-0.4, -0.2) is 41.5 Å². The zero-order valence-electron chi connectivity index (χ0n) is 13.5. The van der Waals surface area contributed by atoms with Crippen molar-refractivity contribution >= 4 is 12.4 Å². The van der Waals surface area contributed by atoms with Crippen LogP contribution in [-0.2, 0) is 16.1 Å². The summed E-state index contributed by atoms with van der Waals surface area (Å²) in [4.78, 5) is 25.6. The van der Waals surface area contributed by atoms with Crippen LogP contribution in [0.1, 0.15) is 32.8 Å². The van der Waals surface area contributed by atoms with Crippen LogP contribution < -0.4 is 5.32 Å². The summed E-state index contributed by atoms with van der Waals surface area (Å²) in [5.74, 6) is 0. The van der Waals surface area contributed by atoms with E-state index in [9.17, 15) is 9.59 Å². The molecule has 0 bridgehead atoms. The monoisotopic (exact) mass is 304 g/mol. The predicted molar refractivity (Wildman–Crippen MR) is 84.5 cm³/mol. The van der Waals surface area contributed by atoms with Gasteiger partial charge in [-0.3, -0.25) is 4.90 Å². The van der Waals surface area contributed by atoms with Gasteiger partial charge in [-0.05, 0) is 32.8 Å². The summed E-state index contributed by atoms with van der Waals surface area (Å²) in [6.45, 7) is 7.45. The largest absolute Gasteiger partial charge is 0.444 e. The number of ether oxygens (including phenoxy) is 1. The molecule has 1 fully saturated rings. The molecule has 0 aliphatic carbocycles. The van der Waals surface area contributed by atoms with E-state index in [1.165, 1.54) is 5.56 Å². The number of likely N-dealkylation sites (tertiary alicyclic amines) is 1. The molecule has 1 aromatic rings. The molecule has 5 heteroatoms. The van der Waals surface area contributed by atoms with Crippen LogP contribution >= 0.6 is 0 Å². The van der Waals surface area contributed by atoms with Gasteiger partial charge in [-0.2, -0.15) is 0 Å². The van der Waals surface area contributed by atoms with Gasteiger partial charge < -0.3 is 14.8 Å². The molecule has 0 aromatic heterocycles. The number of hydrogen-bond acceptors (Lipinski definition) is 4. The maximum absolute atomic E-state index is 11.9. The Labute approximate surface area is 131 Å². The third kappa shape index (κ3) is 4.56. The maximum atomic E-state index is 11.9. The highest BCUT2D eigenvalue weighted by atomic mass is 16.6. The predicted octanol–water partition coefficient (Wildman–Crippen LogP) is 2.35. The first kappa shape index (κ1) is 16.5. The summed E-state index contributed by atoms with van der Waals surface area (Å²) >= 11 is 0. The first-order valence-electron chi connectivity index (χ1n) is 7.56. The first-order chi connectivity index (χ1) is 10.3. The Morgan fingerprint density at radius 2 is 2.05 bits per heavy atom. The zero-order valence-corrected chi connectivity index (χ0v) is 13.5. The molecule has 1 amide bonds. The fourth-order valence-corrected chi connectivity index (χ4v) is 2.63. The molecular weight excluding hydrogens is 280 g/mol. The Morgan fingerprint density at radius 1 is 1.36 bits per heavy atom. The molecule has 1 aliphatic rings. The third-order valence-corrected chi connectivity index (χ3v) is 3.60. The molecule has 1 aromatic carbocycles. The highest BCUT2D eigenvalue weighted by molar-refractivity contribution is 5.77. The number of aldehydes is 1. The summed E-state index contributed by atoms with van der Waals surface area (Å²) in [5.41, 5.74) is -0.227. The number of carbonyl (C=O) groups is 2. The number of alkyl carbamates (subject to hydrolysis) is 1. The Bertz CT molecular complexity index is 524. The maximum Gasteiger partial charge on any atom is 0.408 e. The van der Waals surface area contributed by atoms with Gasteiger partial charge in [0.1, 0.15) is 17.4 Å². The van der Waals surface area contributed by atoms with Crippen molar-refractivity contribution in [2.24, 2.45) is 0 Å². The van der Waals surface area contributed by atoms with E-state index in [1.807, 2.05) is 18.2 Å². The van der Waals surface area contributed by atoms with Crippen molar-refractivity contribution in [3.05, 3.63) is 35.9 Å². The second-order valence-corrected chi connectivity index (χ2v) is 6.85. The van der Waals surface area contributed by atoms with Crippen LogP contribution in [0.2, 0.25) is 0 Å². The van der Waals surface area contributed by atoms with Gasteiger partial charge in [-0.1, -0.05) is 30.3 Å². The number of benzene rings is 1. The number of hydrogen-bond donors (Lipinski definition) is 1. The second-order valence-electron chi connectivity index (χ2n) is 6.85. The molecule has 1 N–H and O–H groups in total. The number of rotatable bonds is 4. The number of carbonyl (C=O) groups excluding carboxylic acids is 2. The standard InChI is InChI=1S/C17H24N2O3/c1-16(2,3)22-15(21)18-17(13-20)9-10-19(12-17)11-14-7-5-4-6-8-14/h4-8,13H,9-12H2,1-3H3,(H,18,21). The smallest absolute Gasteiger partial charge is 0.408 e. The van der Waals surface area contributed by atoms with E-state index in [-0.39, 0.29) is 0 Å². The highest BCUT2D eigenvalue weighted by Gasteiger charge is 2.40. The molecule has 0 saturated carbocycles. The highest BCUT2D eigenvalue weighted by Crippen LogP contribution is 2.22. The molecule has 1 unspecified atom stereocenters. The number of nitrogens with one attached hydrogen (secondary N) is 1. The molecule has 0 spiro atoms. The Balaban J connectivity index is 1.95. The van der Waals surface area contributed by atoms with Crippen LogP contribution in [0.25, 0.3) is 0 Å². The van der Waals surface area contributed by atoms with E-state index in [1.54, 1.807) is 20.8 Å². The average molecular weight is 304 g/mol. The Kier molecular flexibility index (Phi) is 4.86. The average Bonchev–Trinajstić information content (AvgIpc) is 2.81. The van der Waals surface area contributed by atoms with Crippen molar-refractivity contribution < 1.29 is 14.3 Å². The van der Waals surface area contributed by atoms with E-state index in [0.29, 0.717) is 13.0 Å². The van der Waals surface area contributed by atoms with Gasteiger partial charge in [-0.25, -0.2) is 4.79 Å². The lowest BCUT2D eigenvalue weighted by Gasteiger charge is -2.27. The Hall–Kier alpha value is -1.88. The van der Waals surface area contributed by atoms with Crippen LogP contribution in [0.15, 0.2) is 30.3 Å². The third-order valence-electron chi connectivity index (χ3n) is 3.60. The van der Waals surface area contributed by atoms with Crippen molar-refractivity contribution in [1.82, 2.24) is 10.2 Å². The number of nitrogens with zero attached hydrogens (tertiary/aromatic N) is 1. The molecule has 1 saturated heterocycles. The van der Waals surface area contributed by atoms with Crippen LogP contribution in [0, 0.1) is 0 Å². The normalized spacial score (nSPS) is 22.3. The molecule has 0 radical (unpaired) electrons. The van der Waals surface area contributed by atoms with Gasteiger partial charge in [-0.15, -0.1) is 0 Å². The van der Waals surface area contributed by atoms with Gasteiger partial charge >= 0.3 is 6.09 Å². The lowest BCUT2D eigenvalue weighted by atomic mass is 10.0. The van der Waals surface area contributed by atoms with E-state index < -0.39 is 17.2 Å². The van der Waals surface area contributed by atoms with Crippen molar-refractivity contribution in [3.63, 3.8) is 0 Å². The van der Waals surface area contributed by atoms with E-state index in [4.69, 9.17) is 4.74 Å². The quantitative estimate of drug-likeness (QED) is 0.868. The molecule has 1 heterocycles. The summed E-state index contributed by atoms with van der Waals surface area (Å²) in [7, 11) is 0. The molecular formula is C17H24N2O3. The summed E-state index contributed by atoms with van der Waals surface area (Å²) in [6.07, 6.45) is 0.894. The van der Waals surface area contributed by atoms with E-state index in [0.717, 1.165) is 19.4 Å². The van der Waals surface area contributed by atoms with E-state index in [2.05, 4.69) is 22.3 Å². The first-order valence-corrected chi connectivity index (χ1v) is 7.56. The minimum atomic E-state index is -0.850. The molecule has 5 nitrogen and oxygen atoms in total. The lowest BCUT2D eigenvalue weighted by Crippen LogP contribution is -2.53. The summed E-state index contributed by atoms with van der Waals surface area (Å²) < 4.78 is 5.25. The van der Waals surface area contributed by atoms with Crippen molar-refractivity contribution in [2.45, 2.75) is 44.9 Å².